The van der Waals surface area contributed by atoms with Crippen LogP contribution >= 0.6 is 23.2 Å². The van der Waals surface area contributed by atoms with Gasteiger partial charge in [0, 0.05) is 18.7 Å². The summed E-state index contributed by atoms with van der Waals surface area (Å²) >= 11 is 13.0. The second-order valence-corrected chi connectivity index (χ2v) is 9.16. The molecule has 1 aliphatic rings. The lowest BCUT2D eigenvalue weighted by molar-refractivity contribution is 0.341. The zero-order valence-electron chi connectivity index (χ0n) is 18.2. The maximum absolute atomic E-state index is 14.0. The number of aromatic nitrogens is 4. The molecule has 34 heavy (non-hydrogen) atoms. The average Bonchev–Trinajstić information content (AvgIpc) is 3.17. The molecule has 0 bridgehead atoms. The Hall–Kier alpha value is -2.81. The third-order valence-electron chi connectivity index (χ3n) is 5.96. The summed E-state index contributed by atoms with van der Waals surface area (Å²) in [6.07, 6.45) is 3.79. The van der Waals surface area contributed by atoms with Gasteiger partial charge in [-0.05, 0) is 62.2 Å². The van der Waals surface area contributed by atoms with Gasteiger partial charge in [0.1, 0.15) is 23.0 Å². The Balaban J connectivity index is 1.54. The van der Waals surface area contributed by atoms with E-state index in [1.165, 1.54) is 0 Å². The second kappa shape index (κ2) is 9.82. The van der Waals surface area contributed by atoms with E-state index in [0.29, 0.717) is 45.1 Å². The molecule has 1 aliphatic heterocycles. The van der Waals surface area contributed by atoms with Crippen LogP contribution in [0.4, 0.5) is 14.7 Å². The van der Waals surface area contributed by atoms with Crippen LogP contribution in [-0.4, -0.2) is 32.6 Å². The maximum atomic E-state index is 14.0. The summed E-state index contributed by atoms with van der Waals surface area (Å²) in [7, 11) is 0. The van der Waals surface area contributed by atoms with Crippen LogP contribution in [0.5, 0.6) is 0 Å². The molecule has 0 saturated carbocycles. The Labute approximate surface area is 205 Å². The van der Waals surface area contributed by atoms with Crippen LogP contribution in [0.2, 0.25) is 10.0 Å². The van der Waals surface area contributed by atoms with Crippen molar-refractivity contribution in [2.45, 2.75) is 25.9 Å². The fourth-order valence-corrected chi connectivity index (χ4v) is 4.84. The monoisotopic (exact) mass is 502 g/mol. The number of rotatable bonds is 6. The minimum atomic E-state index is -0.505. The van der Waals surface area contributed by atoms with Crippen molar-refractivity contribution in [3.05, 3.63) is 69.8 Å². The van der Waals surface area contributed by atoms with Gasteiger partial charge in [0.2, 0.25) is 5.95 Å². The first-order valence-electron chi connectivity index (χ1n) is 11.1. The van der Waals surface area contributed by atoms with Crippen LogP contribution in [0.3, 0.4) is 0 Å². The highest BCUT2D eigenvalue weighted by Crippen LogP contribution is 2.36. The first-order chi connectivity index (χ1) is 16.5. The molecular formula is C24H22Cl2F2N6. The zero-order valence-corrected chi connectivity index (χ0v) is 19.7. The standard InChI is InChI=1S/C24H22Cl2F2N6/c25-17-4-1-5-18(26)21(17)23-32-20-12-31-24(30-11-15-9-16(27)6-7-19(15)28)33-22(20)34(23)13-14-3-2-8-29-10-14/h1,4-7,9,12,14,29H,2-3,8,10-11,13H2,(H,30,31,33)/t14-/m1/s1. The third-order valence-corrected chi connectivity index (χ3v) is 6.59. The maximum Gasteiger partial charge on any atom is 0.225 e. The smallest absolute Gasteiger partial charge is 0.225 e. The van der Waals surface area contributed by atoms with Gasteiger partial charge in [0.05, 0.1) is 21.8 Å². The third kappa shape index (κ3) is 4.71. The summed E-state index contributed by atoms with van der Waals surface area (Å²) in [5.41, 5.74) is 2.05. The largest absolute Gasteiger partial charge is 0.350 e. The Morgan fingerprint density at radius 3 is 2.71 bits per heavy atom. The number of piperidine rings is 1. The van der Waals surface area contributed by atoms with E-state index in [4.69, 9.17) is 28.2 Å². The highest BCUT2D eigenvalue weighted by Gasteiger charge is 2.23. The number of fused-ring (bicyclic) bond motifs is 1. The van der Waals surface area contributed by atoms with E-state index in [-0.39, 0.29) is 18.1 Å². The SMILES string of the molecule is Fc1ccc(F)c(CNc2ncc3nc(-c4c(Cl)cccc4Cl)n(C[C@@H]4CCCNC4)c3n2)c1. The summed E-state index contributed by atoms with van der Waals surface area (Å²) in [6, 6.07) is 8.69. The molecule has 2 N–H and O–H groups in total. The normalized spacial score (nSPS) is 16.2. The van der Waals surface area contributed by atoms with Gasteiger partial charge in [-0.15, -0.1) is 0 Å². The fourth-order valence-electron chi connectivity index (χ4n) is 4.27. The molecule has 0 radical (unpaired) electrons. The van der Waals surface area contributed by atoms with E-state index in [2.05, 4.69) is 20.6 Å². The number of benzene rings is 2. The molecule has 0 amide bonds. The molecule has 1 fully saturated rings. The average molecular weight is 503 g/mol. The van der Waals surface area contributed by atoms with Gasteiger partial charge in [-0.1, -0.05) is 29.3 Å². The van der Waals surface area contributed by atoms with Gasteiger partial charge in [0.25, 0.3) is 0 Å². The highest BCUT2D eigenvalue weighted by molar-refractivity contribution is 6.39. The first kappa shape index (κ1) is 23.0. The van der Waals surface area contributed by atoms with Gasteiger partial charge in [-0.2, -0.15) is 4.98 Å². The highest BCUT2D eigenvalue weighted by atomic mass is 35.5. The van der Waals surface area contributed by atoms with Crippen LogP contribution < -0.4 is 10.6 Å². The quantitative estimate of drug-likeness (QED) is 0.354. The van der Waals surface area contributed by atoms with Gasteiger partial charge in [0.15, 0.2) is 5.65 Å². The van der Waals surface area contributed by atoms with Crippen molar-refractivity contribution in [2.24, 2.45) is 5.92 Å². The molecule has 176 valence electrons. The summed E-state index contributed by atoms with van der Waals surface area (Å²) < 4.78 is 29.6. The van der Waals surface area contributed by atoms with Crippen LogP contribution in [0.25, 0.3) is 22.6 Å². The molecule has 10 heteroatoms. The van der Waals surface area contributed by atoms with Crippen molar-refractivity contribution in [3.63, 3.8) is 0 Å². The first-order valence-corrected chi connectivity index (χ1v) is 11.8. The van der Waals surface area contributed by atoms with E-state index in [1.54, 1.807) is 24.4 Å². The van der Waals surface area contributed by atoms with Crippen molar-refractivity contribution >= 4 is 40.3 Å². The topological polar surface area (TPSA) is 67.7 Å². The van der Waals surface area contributed by atoms with E-state index in [1.807, 2.05) is 4.57 Å². The van der Waals surface area contributed by atoms with E-state index < -0.39 is 11.6 Å². The lowest BCUT2D eigenvalue weighted by Gasteiger charge is -2.24. The minimum Gasteiger partial charge on any atom is -0.350 e. The summed E-state index contributed by atoms with van der Waals surface area (Å²) in [4.78, 5) is 13.8. The predicted molar refractivity (Wildman–Crippen MR) is 130 cm³/mol. The molecule has 0 aliphatic carbocycles. The number of halogens is 4. The van der Waals surface area contributed by atoms with Gasteiger partial charge in [-0.3, -0.25) is 0 Å². The molecule has 1 atom stereocenters. The Kier molecular flexibility index (Phi) is 6.63. The number of anilines is 1. The van der Waals surface area contributed by atoms with Crippen molar-refractivity contribution in [2.75, 3.05) is 18.4 Å². The molecule has 3 heterocycles. The number of hydrogen-bond donors (Lipinski definition) is 2. The lowest BCUT2D eigenvalue weighted by atomic mass is 9.99. The second-order valence-electron chi connectivity index (χ2n) is 8.35. The Morgan fingerprint density at radius 2 is 1.94 bits per heavy atom. The predicted octanol–water partition coefficient (Wildman–Crippen LogP) is 5.69. The van der Waals surface area contributed by atoms with Gasteiger partial charge >= 0.3 is 0 Å². The fraction of sp³-hybridized carbons (Fsp3) is 0.292. The van der Waals surface area contributed by atoms with Gasteiger partial charge < -0.3 is 15.2 Å². The minimum absolute atomic E-state index is 0.0407. The van der Waals surface area contributed by atoms with Crippen LogP contribution in [0.1, 0.15) is 18.4 Å². The molecule has 1 saturated heterocycles. The molecule has 6 nitrogen and oxygen atoms in total. The van der Waals surface area contributed by atoms with Gasteiger partial charge in [-0.25, -0.2) is 18.7 Å². The number of nitrogens with one attached hydrogen (secondary N) is 2. The summed E-state index contributed by atoms with van der Waals surface area (Å²) in [5.74, 6) is 0.295. The van der Waals surface area contributed by atoms with E-state index in [0.717, 1.165) is 44.1 Å². The molecule has 2 aromatic heterocycles. The Morgan fingerprint density at radius 1 is 1.12 bits per heavy atom. The zero-order chi connectivity index (χ0) is 23.7. The Bertz CT molecular complexity index is 1320. The molecule has 2 aromatic carbocycles. The van der Waals surface area contributed by atoms with E-state index in [9.17, 15) is 8.78 Å². The summed E-state index contributed by atoms with van der Waals surface area (Å²) in [6.45, 7) is 2.62. The molecule has 0 spiro atoms. The molecule has 0 unspecified atom stereocenters. The molecular weight excluding hydrogens is 481 g/mol. The molecule has 4 aromatic rings. The molecule has 5 rings (SSSR count). The van der Waals surface area contributed by atoms with E-state index >= 15 is 0 Å². The summed E-state index contributed by atoms with van der Waals surface area (Å²) in [5, 5.41) is 7.43. The number of nitrogens with zero attached hydrogens (tertiary/aromatic N) is 4. The van der Waals surface area contributed by atoms with Crippen molar-refractivity contribution in [1.82, 2.24) is 24.8 Å². The van der Waals surface area contributed by atoms with Crippen LogP contribution in [0, 0.1) is 17.6 Å². The van der Waals surface area contributed by atoms with Crippen LogP contribution in [-0.2, 0) is 13.1 Å². The van der Waals surface area contributed by atoms with Crippen LogP contribution in [0.15, 0.2) is 42.6 Å². The lowest BCUT2D eigenvalue weighted by Crippen LogP contribution is -2.32. The number of imidazole rings is 1. The number of hydrogen-bond acceptors (Lipinski definition) is 5. The van der Waals surface area contributed by atoms with Crippen molar-refractivity contribution in [3.8, 4) is 11.4 Å². The van der Waals surface area contributed by atoms with Crippen molar-refractivity contribution in [1.29, 1.82) is 0 Å². The van der Waals surface area contributed by atoms with Crippen molar-refractivity contribution < 1.29 is 8.78 Å².